The van der Waals surface area contributed by atoms with Gasteiger partial charge in [0, 0.05) is 21.7 Å². The molecule has 1 amide bonds. The van der Waals surface area contributed by atoms with Crippen LogP contribution in [0.15, 0.2) is 63.2 Å². The van der Waals surface area contributed by atoms with Gasteiger partial charge in [0.2, 0.25) is 5.91 Å². The summed E-state index contributed by atoms with van der Waals surface area (Å²) in [5.74, 6) is 1.66. The van der Waals surface area contributed by atoms with E-state index in [0.717, 1.165) is 21.6 Å². The molecule has 0 spiro atoms. The van der Waals surface area contributed by atoms with E-state index in [2.05, 4.69) is 10.3 Å². The number of aromatic nitrogens is 1. The molecule has 0 atom stereocenters. The molecule has 7 heteroatoms. The maximum Gasteiger partial charge on any atom is 0.236 e. The second-order valence-corrected chi connectivity index (χ2v) is 8.11. The van der Waals surface area contributed by atoms with Crippen molar-refractivity contribution in [3.63, 3.8) is 0 Å². The number of nitrogens with zero attached hydrogens (tertiary/aromatic N) is 1. The number of benzene rings is 2. The van der Waals surface area contributed by atoms with Crippen LogP contribution in [0.1, 0.15) is 5.56 Å². The van der Waals surface area contributed by atoms with Crippen molar-refractivity contribution < 1.29 is 13.9 Å². The summed E-state index contributed by atoms with van der Waals surface area (Å²) in [6.45, 7) is 2.04. The number of fused-ring (bicyclic) bond motifs is 1. The lowest BCUT2D eigenvalue weighted by Gasteiger charge is -2.02. The third kappa shape index (κ3) is 4.21. The number of nitrogens with one attached hydrogen (secondary N) is 1. The minimum absolute atomic E-state index is 0.0826. The Morgan fingerprint density at radius 2 is 2.04 bits per heavy atom. The molecule has 0 fully saturated rings. The average Bonchev–Trinajstić information content (AvgIpc) is 3.33. The van der Waals surface area contributed by atoms with Crippen molar-refractivity contribution in [3.8, 4) is 17.2 Å². The Hall–Kier alpha value is -2.77. The topological polar surface area (TPSA) is 64.4 Å². The van der Waals surface area contributed by atoms with E-state index in [1.54, 1.807) is 7.11 Å². The van der Waals surface area contributed by atoms with Crippen molar-refractivity contribution in [2.24, 2.45) is 0 Å². The van der Waals surface area contributed by atoms with Crippen molar-refractivity contribution in [2.75, 3.05) is 18.2 Å². The zero-order chi connectivity index (χ0) is 19.5. The second-order valence-electron chi connectivity index (χ2n) is 6.20. The molecule has 1 N–H and O–H groups in total. The summed E-state index contributed by atoms with van der Waals surface area (Å²) in [6.07, 6.45) is 0. The fourth-order valence-corrected chi connectivity index (χ4v) is 4.06. The predicted octanol–water partition coefficient (Wildman–Crippen LogP) is 5.60. The third-order valence-electron chi connectivity index (χ3n) is 4.12. The van der Waals surface area contributed by atoms with Gasteiger partial charge in [0.05, 0.1) is 12.9 Å². The highest BCUT2D eigenvalue weighted by Crippen LogP contribution is 2.32. The molecule has 2 aromatic heterocycles. The van der Waals surface area contributed by atoms with Crippen LogP contribution in [0.3, 0.4) is 0 Å². The SMILES string of the molecule is COc1ccc2cc(-c3csc(NC(=O)CSc4ccc(C)cc4)n3)oc2c1. The van der Waals surface area contributed by atoms with Crippen LogP contribution in [0.25, 0.3) is 22.4 Å². The fraction of sp³-hybridized carbons (Fsp3) is 0.143. The Morgan fingerprint density at radius 1 is 1.21 bits per heavy atom. The Bertz CT molecular complexity index is 1120. The molecular weight excluding hydrogens is 392 g/mol. The summed E-state index contributed by atoms with van der Waals surface area (Å²) >= 11 is 2.88. The zero-order valence-corrected chi connectivity index (χ0v) is 17.0. The van der Waals surface area contributed by atoms with E-state index in [0.29, 0.717) is 22.3 Å². The third-order valence-corrected chi connectivity index (χ3v) is 5.89. The van der Waals surface area contributed by atoms with E-state index in [1.165, 1.54) is 28.7 Å². The van der Waals surface area contributed by atoms with E-state index in [-0.39, 0.29) is 5.91 Å². The first kappa shape index (κ1) is 18.6. The molecule has 5 nitrogen and oxygen atoms in total. The maximum absolute atomic E-state index is 12.2. The minimum Gasteiger partial charge on any atom is -0.497 e. The van der Waals surface area contributed by atoms with Gasteiger partial charge in [-0.05, 0) is 37.3 Å². The van der Waals surface area contributed by atoms with E-state index in [4.69, 9.17) is 9.15 Å². The fourth-order valence-electron chi connectivity index (χ4n) is 2.65. The number of hydrogen-bond acceptors (Lipinski definition) is 6. The number of carbonyl (C=O) groups is 1. The normalized spacial score (nSPS) is 10.9. The van der Waals surface area contributed by atoms with Crippen molar-refractivity contribution in [3.05, 3.63) is 59.5 Å². The van der Waals surface area contributed by atoms with Crippen LogP contribution in [-0.2, 0) is 4.79 Å². The molecule has 0 unspecified atom stereocenters. The number of anilines is 1. The zero-order valence-electron chi connectivity index (χ0n) is 15.4. The first-order valence-electron chi connectivity index (χ1n) is 8.63. The molecule has 0 saturated carbocycles. The molecular formula is C21H18N2O3S2. The van der Waals surface area contributed by atoms with Gasteiger partial charge in [0.15, 0.2) is 10.9 Å². The number of ether oxygens (including phenoxy) is 1. The first-order valence-corrected chi connectivity index (χ1v) is 10.5. The molecule has 0 radical (unpaired) electrons. The van der Waals surface area contributed by atoms with Gasteiger partial charge in [0.1, 0.15) is 17.0 Å². The Kier molecular flexibility index (Phi) is 5.36. The summed E-state index contributed by atoms with van der Waals surface area (Å²) in [5.41, 5.74) is 2.64. The van der Waals surface area contributed by atoms with Gasteiger partial charge >= 0.3 is 0 Å². The largest absolute Gasteiger partial charge is 0.497 e. The smallest absolute Gasteiger partial charge is 0.236 e. The standard InChI is InChI=1S/C21H18N2O3S2/c1-13-3-7-16(8-4-13)27-12-20(24)23-21-22-17(11-28-21)19-9-14-5-6-15(25-2)10-18(14)26-19/h3-11H,12H2,1-2H3,(H,22,23,24). The Morgan fingerprint density at radius 3 is 2.82 bits per heavy atom. The van der Waals surface area contributed by atoms with Gasteiger partial charge in [-0.2, -0.15) is 0 Å². The number of amides is 1. The van der Waals surface area contributed by atoms with E-state index in [1.807, 2.05) is 60.8 Å². The molecule has 4 aromatic rings. The number of hydrogen-bond donors (Lipinski definition) is 1. The van der Waals surface area contributed by atoms with Crippen LogP contribution in [0.2, 0.25) is 0 Å². The Balaban J connectivity index is 1.41. The van der Waals surface area contributed by atoms with Crippen LogP contribution >= 0.6 is 23.1 Å². The highest BCUT2D eigenvalue weighted by atomic mass is 32.2. The molecule has 4 rings (SSSR count). The summed E-state index contributed by atoms with van der Waals surface area (Å²) in [5, 5.41) is 6.26. The predicted molar refractivity (Wildman–Crippen MR) is 114 cm³/mol. The van der Waals surface area contributed by atoms with Crippen LogP contribution in [0.5, 0.6) is 5.75 Å². The molecule has 28 heavy (non-hydrogen) atoms. The lowest BCUT2D eigenvalue weighted by Crippen LogP contribution is -2.13. The van der Waals surface area contributed by atoms with Gasteiger partial charge in [-0.1, -0.05) is 17.7 Å². The molecule has 142 valence electrons. The number of furan rings is 1. The number of rotatable bonds is 6. The van der Waals surface area contributed by atoms with Crippen LogP contribution in [0.4, 0.5) is 5.13 Å². The average molecular weight is 411 g/mol. The second kappa shape index (κ2) is 8.08. The van der Waals surface area contributed by atoms with Crippen LogP contribution in [0, 0.1) is 6.92 Å². The van der Waals surface area contributed by atoms with Gasteiger partial charge in [0.25, 0.3) is 0 Å². The molecule has 0 aliphatic rings. The van der Waals surface area contributed by atoms with Crippen molar-refractivity contribution in [1.29, 1.82) is 0 Å². The maximum atomic E-state index is 12.2. The molecule has 0 bridgehead atoms. The summed E-state index contributed by atoms with van der Waals surface area (Å²) in [7, 11) is 1.62. The molecule has 2 heterocycles. The number of thioether (sulfide) groups is 1. The Labute approximate surface area is 170 Å². The van der Waals surface area contributed by atoms with Crippen molar-refractivity contribution in [2.45, 2.75) is 11.8 Å². The van der Waals surface area contributed by atoms with Gasteiger partial charge in [-0.25, -0.2) is 4.98 Å². The van der Waals surface area contributed by atoms with E-state index in [9.17, 15) is 4.79 Å². The molecule has 0 saturated heterocycles. The summed E-state index contributed by atoms with van der Waals surface area (Å²) in [6, 6.07) is 15.7. The monoisotopic (exact) mass is 410 g/mol. The number of methoxy groups -OCH3 is 1. The van der Waals surface area contributed by atoms with Crippen LogP contribution < -0.4 is 10.1 Å². The summed E-state index contributed by atoms with van der Waals surface area (Å²) < 4.78 is 11.1. The highest BCUT2D eigenvalue weighted by molar-refractivity contribution is 8.00. The van der Waals surface area contributed by atoms with E-state index < -0.39 is 0 Å². The van der Waals surface area contributed by atoms with Crippen LogP contribution in [-0.4, -0.2) is 23.8 Å². The van der Waals surface area contributed by atoms with Crippen molar-refractivity contribution in [1.82, 2.24) is 4.98 Å². The van der Waals surface area contributed by atoms with Gasteiger partial charge in [-0.3, -0.25) is 4.79 Å². The van der Waals surface area contributed by atoms with Crippen molar-refractivity contribution >= 4 is 45.1 Å². The lowest BCUT2D eigenvalue weighted by atomic mass is 10.2. The van der Waals surface area contributed by atoms with E-state index >= 15 is 0 Å². The number of aryl methyl sites for hydroxylation is 1. The van der Waals surface area contributed by atoms with Gasteiger partial charge in [-0.15, -0.1) is 23.1 Å². The molecule has 0 aliphatic heterocycles. The molecule has 2 aromatic carbocycles. The minimum atomic E-state index is -0.0826. The lowest BCUT2D eigenvalue weighted by molar-refractivity contribution is -0.113. The number of thiazole rings is 1. The number of carbonyl (C=O) groups excluding carboxylic acids is 1. The molecule has 0 aliphatic carbocycles. The van der Waals surface area contributed by atoms with Gasteiger partial charge < -0.3 is 14.5 Å². The first-order chi connectivity index (χ1) is 13.6. The summed E-state index contributed by atoms with van der Waals surface area (Å²) in [4.78, 5) is 17.8. The highest BCUT2D eigenvalue weighted by Gasteiger charge is 2.12. The quantitative estimate of drug-likeness (QED) is 0.419.